The second-order valence-corrected chi connectivity index (χ2v) is 7.22. The van der Waals surface area contributed by atoms with Gasteiger partial charge in [-0.3, -0.25) is 4.79 Å². The van der Waals surface area contributed by atoms with Crippen LogP contribution in [0, 0.1) is 0 Å². The van der Waals surface area contributed by atoms with Gasteiger partial charge in [0.2, 0.25) is 10.0 Å². The zero-order valence-corrected chi connectivity index (χ0v) is 14.5. The number of sulfonamides is 1. The third-order valence-corrected chi connectivity index (χ3v) is 5.06. The van der Waals surface area contributed by atoms with Crippen LogP contribution in [0.3, 0.4) is 0 Å². The van der Waals surface area contributed by atoms with Gasteiger partial charge in [0.25, 0.3) is 5.91 Å². The Labute approximate surface area is 143 Å². The number of nitrogens with one attached hydrogen (secondary N) is 2. The van der Waals surface area contributed by atoms with Crippen LogP contribution in [-0.2, 0) is 10.0 Å². The Hall–Kier alpha value is -1.96. The Kier molecular flexibility index (Phi) is 5.70. The lowest BCUT2D eigenvalue weighted by molar-refractivity contribution is 0.102. The summed E-state index contributed by atoms with van der Waals surface area (Å²) in [5.74, 6) is -0.391. The molecule has 0 saturated carbocycles. The highest BCUT2D eigenvalue weighted by Gasteiger charge is 2.15. The van der Waals surface area contributed by atoms with Gasteiger partial charge in [0.1, 0.15) is 0 Å². The van der Waals surface area contributed by atoms with Gasteiger partial charge in [-0.15, -0.1) is 6.58 Å². The standard InChI is InChI=1S/C16H15BrN2O3S/c1-2-10-18-23(21,22)13-7-5-6-12(11-13)16(20)19-15-9-4-3-8-14(15)17/h2-9,11,18H,1,10H2,(H,19,20). The SMILES string of the molecule is C=CCNS(=O)(=O)c1cccc(C(=O)Nc2ccccc2Br)c1. The quantitative estimate of drug-likeness (QED) is 0.738. The van der Waals surface area contributed by atoms with Crippen molar-refractivity contribution in [3.63, 3.8) is 0 Å². The number of hydrogen-bond donors (Lipinski definition) is 2. The molecule has 0 saturated heterocycles. The van der Waals surface area contributed by atoms with Crippen molar-refractivity contribution in [3.05, 3.63) is 71.2 Å². The van der Waals surface area contributed by atoms with Crippen molar-refractivity contribution in [1.29, 1.82) is 0 Å². The maximum absolute atomic E-state index is 12.3. The molecule has 0 unspecified atom stereocenters. The molecule has 0 spiro atoms. The lowest BCUT2D eigenvalue weighted by Crippen LogP contribution is -2.24. The minimum atomic E-state index is -3.67. The number of halogens is 1. The lowest BCUT2D eigenvalue weighted by Gasteiger charge is -2.09. The average molecular weight is 395 g/mol. The van der Waals surface area contributed by atoms with Crippen molar-refractivity contribution in [3.8, 4) is 0 Å². The molecule has 0 fully saturated rings. The fourth-order valence-electron chi connectivity index (χ4n) is 1.81. The topological polar surface area (TPSA) is 75.3 Å². The molecule has 2 rings (SSSR count). The van der Waals surface area contributed by atoms with Gasteiger partial charge in [-0.1, -0.05) is 24.3 Å². The van der Waals surface area contributed by atoms with Gasteiger partial charge in [-0.25, -0.2) is 13.1 Å². The van der Waals surface area contributed by atoms with Gasteiger partial charge in [-0.2, -0.15) is 0 Å². The van der Waals surface area contributed by atoms with Crippen LogP contribution in [0.4, 0.5) is 5.69 Å². The van der Waals surface area contributed by atoms with Gasteiger partial charge in [0.15, 0.2) is 0 Å². The number of benzene rings is 2. The zero-order valence-electron chi connectivity index (χ0n) is 12.1. The van der Waals surface area contributed by atoms with E-state index in [0.29, 0.717) is 5.69 Å². The summed E-state index contributed by atoms with van der Waals surface area (Å²) >= 11 is 3.34. The molecule has 2 N–H and O–H groups in total. The second-order valence-electron chi connectivity index (χ2n) is 4.60. The number of para-hydroxylation sites is 1. The van der Waals surface area contributed by atoms with Crippen LogP contribution in [0.25, 0.3) is 0 Å². The number of anilines is 1. The highest BCUT2D eigenvalue weighted by atomic mass is 79.9. The molecule has 0 atom stereocenters. The number of hydrogen-bond acceptors (Lipinski definition) is 3. The summed E-state index contributed by atoms with van der Waals surface area (Å²) in [5, 5.41) is 2.73. The maximum Gasteiger partial charge on any atom is 0.255 e. The monoisotopic (exact) mass is 394 g/mol. The Morgan fingerprint density at radius 3 is 2.61 bits per heavy atom. The Morgan fingerprint density at radius 2 is 1.91 bits per heavy atom. The van der Waals surface area contributed by atoms with Crippen LogP contribution in [0.2, 0.25) is 0 Å². The smallest absolute Gasteiger partial charge is 0.255 e. The Bertz CT molecular complexity index is 835. The first-order valence-electron chi connectivity index (χ1n) is 6.70. The largest absolute Gasteiger partial charge is 0.321 e. The summed E-state index contributed by atoms with van der Waals surface area (Å²) in [4.78, 5) is 12.3. The van der Waals surface area contributed by atoms with E-state index in [4.69, 9.17) is 0 Å². The minimum Gasteiger partial charge on any atom is -0.321 e. The minimum absolute atomic E-state index is 0.0270. The van der Waals surface area contributed by atoms with Crippen molar-refractivity contribution >= 4 is 37.5 Å². The molecule has 0 heterocycles. The molecule has 0 aliphatic carbocycles. The van der Waals surface area contributed by atoms with E-state index in [1.807, 2.05) is 6.07 Å². The van der Waals surface area contributed by atoms with Gasteiger partial charge in [-0.05, 0) is 46.3 Å². The van der Waals surface area contributed by atoms with Crippen molar-refractivity contribution < 1.29 is 13.2 Å². The van der Waals surface area contributed by atoms with E-state index < -0.39 is 15.9 Å². The third kappa shape index (κ3) is 4.51. The molecule has 0 bridgehead atoms. The van der Waals surface area contributed by atoms with E-state index in [-0.39, 0.29) is 17.0 Å². The lowest BCUT2D eigenvalue weighted by atomic mass is 10.2. The molecule has 1 amide bonds. The fraction of sp³-hybridized carbons (Fsp3) is 0.0625. The van der Waals surface area contributed by atoms with Crippen molar-refractivity contribution in [1.82, 2.24) is 4.72 Å². The first kappa shape index (κ1) is 17.4. The number of carbonyl (C=O) groups is 1. The molecular weight excluding hydrogens is 380 g/mol. The van der Waals surface area contributed by atoms with Gasteiger partial charge in [0, 0.05) is 16.6 Å². The summed E-state index contributed by atoms with van der Waals surface area (Å²) in [6, 6.07) is 13.0. The predicted molar refractivity (Wildman–Crippen MR) is 93.9 cm³/mol. The van der Waals surface area contributed by atoms with Crippen molar-refractivity contribution in [2.75, 3.05) is 11.9 Å². The number of carbonyl (C=O) groups excluding carboxylic acids is 1. The molecule has 7 heteroatoms. The van der Waals surface area contributed by atoms with Crippen molar-refractivity contribution in [2.24, 2.45) is 0 Å². The van der Waals surface area contributed by atoms with Crippen LogP contribution in [0.5, 0.6) is 0 Å². The molecule has 0 aliphatic rings. The summed E-state index contributed by atoms with van der Waals surface area (Å²) in [6.45, 7) is 3.58. The Morgan fingerprint density at radius 1 is 1.17 bits per heavy atom. The fourth-order valence-corrected chi connectivity index (χ4v) is 3.24. The summed E-state index contributed by atoms with van der Waals surface area (Å²) in [5.41, 5.74) is 0.859. The molecular formula is C16H15BrN2O3S. The molecule has 2 aromatic rings. The maximum atomic E-state index is 12.3. The zero-order chi connectivity index (χ0) is 16.9. The van der Waals surface area contributed by atoms with E-state index in [1.165, 1.54) is 24.3 Å². The summed E-state index contributed by atoms with van der Waals surface area (Å²) < 4.78 is 27.3. The van der Waals surface area contributed by atoms with E-state index in [9.17, 15) is 13.2 Å². The normalized spacial score (nSPS) is 11.0. The van der Waals surface area contributed by atoms with Gasteiger partial charge in [0.05, 0.1) is 10.6 Å². The van der Waals surface area contributed by atoms with Crippen LogP contribution in [0.15, 0.2) is 70.6 Å². The van der Waals surface area contributed by atoms with Crippen molar-refractivity contribution in [2.45, 2.75) is 4.90 Å². The average Bonchev–Trinajstić information content (AvgIpc) is 2.55. The third-order valence-electron chi connectivity index (χ3n) is 2.95. The molecule has 0 radical (unpaired) electrons. The van der Waals surface area contributed by atoms with Crippen LogP contribution < -0.4 is 10.0 Å². The van der Waals surface area contributed by atoms with Crippen LogP contribution in [0.1, 0.15) is 10.4 Å². The van der Waals surface area contributed by atoms with Crippen LogP contribution >= 0.6 is 15.9 Å². The molecule has 120 valence electrons. The van der Waals surface area contributed by atoms with E-state index in [2.05, 4.69) is 32.5 Å². The Balaban J connectivity index is 2.24. The first-order valence-corrected chi connectivity index (χ1v) is 8.98. The predicted octanol–water partition coefficient (Wildman–Crippen LogP) is 3.17. The second kappa shape index (κ2) is 7.54. The summed E-state index contributed by atoms with van der Waals surface area (Å²) in [6.07, 6.45) is 1.45. The molecule has 0 aliphatic heterocycles. The van der Waals surface area contributed by atoms with Gasteiger partial charge >= 0.3 is 0 Å². The summed E-state index contributed by atoms with van der Waals surface area (Å²) in [7, 11) is -3.67. The molecule has 0 aromatic heterocycles. The highest BCUT2D eigenvalue weighted by Crippen LogP contribution is 2.22. The molecule has 23 heavy (non-hydrogen) atoms. The van der Waals surface area contributed by atoms with E-state index >= 15 is 0 Å². The first-order chi connectivity index (χ1) is 10.9. The number of rotatable bonds is 6. The van der Waals surface area contributed by atoms with E-state index in [1.54, 1.807) is 24.3 Å². The molecule has 2 aromatic carbocycles. The van der Waals surface area contributed by atoms with E-state index in [0.717, 1.165) is 4.47 Å². The molecule has 5 nitrogen and oxygen atoms in total. The van der Waals surface area contributed by atoms with Gasteiger partial charge < -0.3 is 5.32 Å². The highest BCUT2D eigenvalue weighted by molar-refractivity contribution is 9.10. The number of amides is 1. The van der Waals surface area contributed by atoms with Crippen LogP contribution in [-0.4, -0.2) is 20.9 Å².